The first-order chi connectivity index (χ1) is 8.04. The fourth-order valence-corrected chi connectivity index (χ4v) is 2.33. The van der Waals surface area contributed by atoms with Crippen molar-refractivity contribution in [3.8, 4) is 0 Å². The van der Waals surface area contributed by atoms with Crippen LogP contribution in [0.1, 0.15) is 45.3 Å². The van der Waals surface area contributed by atoms with E-state index in [0.29, 0.717) is 18.0 Å². The minimum atomic E-state index is 0. The van der Waals surface area contributed by atoms with Crippen LogP contribution in [0, 0.1) is 0 Å². The third-order valence-electron chi connectivity index (χ3n) is 2.99. The molecule has 2 heterocycles. The molecule has 0 amide bonds. The summed E-state index contributed by atoms with van der Waals surface area (Å²) in [5.41, 5.74) is 0. The fourth-order valence-electron chi connectivity index (χ4n) is 2.33. The number of rotatable bonds is 3. The molecule has 1 fully saturated rings. The zero-order chi connectivity index (χ0) is 12.4. The van der Waals surface area contributed by atoms with E-state index in [1.807, 2.05) is 0 Å². The molecule has 0 aromatic carbocycles. The van der Waals surface area contributed by atoms with E-state index in [-0.39, 0.29) is 12.4 Å². The largest absolute Gasteiger partial charge is 0.338 e. The monoisotopic (exact) mass is 274 g/mol. The summed E-state index contributed by atoms with van der Waals surface area (Å²) in [6.45, 7) is 11.4. The van der Waals surface area contributed by atoms with Crippen LogP contribution in [-0.2, 0) is 6.54 Å². The van der Waals surface area contributed by atoms with Gasteiger partial charge in [0.05, 0.1) is 6.54 Å². The first-order valence-corrected chi connectivity index (χ1v) is 6.35. The highest BCUT2D eigenvalue weighted by atomic mass is 35.5. The minimum absolute atomic E-state index is 0. The van der Waals surface area contributed by atoms with Gasteiger partial charge in [0.25, 0.3) is 0 Å². The van der Waals surface area contributed by atoms with Crippen LogP contribution >= 0.6 is 12.4 Å². The lowest BCUT2D eigenvalue weighted by Crippen LogP contribution is -2.53. The SMILES string of the molecule is CC1CN(Cc2nc(C(C)C)no2)CC(C)N1.Cl. The van der Waals surface area contributed by atoms with E-state index in [2.05, 4.69) is 48.1 Å². The van der Waals surface area contributed by atoms with Crippen LogP contribution < -0.4 is 5.32 Å². The van der Waals surface area contributed by atoms with Gasteiger partial charge in [-0.05, 0) is 13.8 Å². The van der Waals surface area contributed by atoms with Gasteiger partial charge in [-0.15, -0.1) is 12.4 Å². The third kappa shape index (κ3) is 3.93. The summed E-state index contributed by atoms with van der Waals surface area (Å²) >= 11 is 0. The average Bonchev–Trinajstić information content (AvgIpc) is 2.64. The van der Waals surface area contributed by atoms with Crippen molar-refractivity contribution >= 4 is 12.4 Å². The Bertz CT molecular complexity index is 359. The Kier molecular flexibility index (Phi) is 5.56. The molecule has 2 rings (SSSR count). The quantitative estimate of drug-likeness (QED) is 0.911. The predicted octanol–water partition coefficient (Wildman–Crippen LogP) is 1.80. The van der Waals surface area contributed by atoms with E-state index in [0.717, 1.165) is 31.3 Å². The second-order valence-electron chi connectivity index (χ2n) is 5.36. The molecular formula is C12H23ClN4O. The van der Waals surface area contributed by atoms with Gasteiger partial charge in [-0.3, -0.25) is 4.90 Å². The smallest absolute Gasteiger partial charge is 0.240 e. The Labute approximate surface area is 115 Å². The molecule has 1 N–H and O–H groups in total. The Hall–Kier alpha value is -0.650. The van der Waals surface area contributed by atoms with Crippen LogP contribution in [0.4, 0.5) is 0 Å². The lowest BCUT2D eigenvalue weighted by molar-refractivity contribution is 0.149. The van der Waals surface area contributed by atoms with Gasteiger partial charge in [-0.2, -0.15) is 4.98 Å². The molecular weight excluding hydrogens is 252 g/mol. The molecule has 2 unspecified atom stereocenters. The summed E-state index contributed by atoms with van der Waals surface area (Å²) in [5.74, 6) is 1.86. The standard InChI is InChI=1S/C12H22N4O.ClH/c1-8(2)12-14-11(17-15-12)7-16-5-9(3)13-10(4)6-16;/h8-10,13H,5-7H2,1-4H3;1H. The molecule has 18 heavy (non-hydrogen) atoms. The molecule has 104 valence electrons. The van der Waals surface area contributed by atoms with Crippen LogP contribution in [0.25, 0.3) is 0 Å². The van der Waals surface area contributed by atoms with Crippen LogP contribution in [0.2, 0.25) is 0 Å². The Morgan fingerprint density at radius 3 is 2.44 bits per heavy atom. The van der Waals surface area contributed by atoms with Crippen LogP contribution in [0.5, 0.6) is 0 Å². The number of nitrogens with zero attached hydrogens (tertiary/aromatic N) is 3. The molecule has 0 bridgehead atoms. The topological polar surface area (TPSA) is 54.2 Å². The van der Waals surface area contributed by atoms with Gasteiger partial charge in [-0.25, -0.2) is 0 Å². The number of halogens is 1. The number of aromatic nitrogens is 2. The molecule has 0 spiro atoms. The van der Waals surface area contributed by atoms with E-state index in [9.17, 15) is 0 Å². The molecule has 0 radical (unpaired) electrons. The summed E-state index contributed by atoms with van der Waals surface area (Å²) in [6, 6.07) is 1.04. The molecule has 1 aliphatic heterocycles. The summed E-state index contributed by atoms with van der Waals surface area (Å²) in [5, 5.41) is 7.50. The first-order valence-electron chi connectivity index (χ1n) is 6.35. The zero-order valence-corrected chi connectivity index (χ0v) is 12.3. The van der Waals surface area contributed by atoms with Gasteiger partial charge in [-0.1, -0.05) is 19.0 Å². The van der Waals surface area contributed by atoms with E-state index >= 15 is 0 Å². The van der Waals surface area contributed by atoms with Crippen LogP contribution in [0.3, 0.4) is 0 Å². The molecule has 1 aromatic rings. The number of nitrogens with one attached hydrogen (secondary N) is 1. The number of hydrogen-bond acceptors (Lipinski definition) is 5. The maximum Gasteiger partial charge on any atom is 0.240 e. The highest BCUT2D eigenvalue weighted by Crippen LogP contribution is 2.12. The maximum atomic E-state index is 5.28. The van der Waals surface area contributed by atoms with Crippen LogP contribution in [-0.4, -0.2) is 40.2 Å². The molecule has 5 nitrogen and oxygen atoms in total. The van der Waals surface area contributed by atoms with Gasteiger partial charge >= 0.3 is 0 Å². The van der Waals surface area contributed by atoms with E-state index < -0.39 is 0 Å². The van der Waals surface area contributed by atoms with Crippen molar-refractivity contribution < 1.29 is 4.52 Å². The second-order valence-corrected chi connectivity index (χ2v) is 5.36. The maximum absolute atomic E-state index is 5.28. The van der Waals surface area contributed by atoms with Crippen molar-refractivity contribution in [2.24, 2.45) is 0 Å². The summed E-state index contributed by atoms with van der Waals surface area (Å²) in [6.07, 6.45) is 0. The van der Waals surface area contributed by atoms with Crippen molar-refractivity contribution in [2.45, 2.75) is 52.2 Å². The highest BCUT2D eigenvalue weighted by Gasteiger charge is 2.22. The molecule has 0 saturated carbocycles. The van der Waals surface area contributed by atoms with E-state index in [1.165, 1.54) is 0 Å². The third-order valence-corrected chi connectivity index (χ3v) is 2.99. The van der Waals surface area contributed by atoms with Crippen LogP contribution in [0.15, 0.2) is 4.52 Å². The summed E-state index contributed by atoms with van der Waals surface area (Å²) in [7, 11) is 0. The van der Waals surface area contributed by atoms with Gasteiger partial charge in [0, 0.05) is 31.1 Å². The number of hydrogen-bond donors (Lipinski definition) is 1. The molecule has 1 aromatic heterocycles. The van der Waals surface area contributed by atoms with Crippen molar-refractivity contribution in [3.05, 3.63) is 11.7 Å². The molecule has 0 aliphatic carbocycles. The van der Waals surface area contributed by atoms with Crippen molar-refractivity contribution in [3.63, 3.8) is 0 Å². The van der Waals surface area contributed by atoms with Gasteiger partial charge in [0.1, 0.15) is 0 Å². The Morgan fingerprint density at radius 1 is 1.33 bits per heavy atom. The van der Waals surface area contributed by atoms with Crippen molar-refractivity contribution in [1.29, 1.82) is 0 Å². The average molecular weight is 275 g/mol. The summed E-state index contributed by atoms with van der Waals surface area (Å²) in [4.78, 5) is 6.78. The minimum Gasteiger partial charge on any atom is -0.338 e. The molecule has 1 aliphatic rings. The second kappa shape index (κ2) is 6.50. The fraction of sp³-hybridized carbons (Fsp3) is 0.833. The van der Waals surface area contributed by atoms with Gasteiger partial charge < -0.3 is 9.84 Å². The summed E-state index contributed by atoms with van der Waals surface area (Å²) < 4.78 is 5.28. The lowest BCUT2D eigenvalue weighted by atomic mass is 10.1. The molecule has 1 saturated heterocycles. The van der Waals surface area contributed by atoms with Crippen molar-refractivity contribution in [2.75, 3.05) is 13.1 Å². The Morgan fingerprint density at radius 2 is 1.94 bits per heavy atom. The first kappa shape index (κ1) is 15.4. The highest BCUT2D eigenvalue weighted by molar-refractivity contribution is 5.85. The van der Waals surface area contributed by atoms with Gasteiger partial charge in [0.2, 0.25) is 5.89 Å². The van der Waals surface area contributed by atoms with E-state index in [4.69, 9.17) is 4.52 Å². The number of piperazine rings is 1. The molecule has 6 heteroatoms. The van der Waals surface area contributed by atoms with Crippen molar-refractivity contribution in [1.82, 2.24) is 20.4 Å². The normalized spacial score (nSPS) is 25.2. The zero-order valence-electron chi connectivity index (χ0n) is 11.5. The van der Waals surface area contributed by atoms with E-state index in [1.54, 1.807) is 0 Å². The predicted molar refractivity (Wildman–Crippen MR) is 73.0 cm³/mol. The molecule has 2 atom stereocenters. The Balaban J connectivity index is 0.00000162. The lowest BCUT2D eigenvalue weighted by Gasteiger charge is -2.35. The van der Waals surface area contributed by atoms with Gasteiger partial charge in [0.15, 0.2) is 5.82 Å².